The van der Waals surface area contributed by atoms with E-state index in [-0.39, 0.29) is 0 Å². The molecule has 0 atom stereocenters. The molecular formula is C12H15N3. The van der Waals surface area contributed by atoms with Gasteiger partial charge in [0.1, 0.15) is 11.9 Å². The number of nitriles is 1. The number of pyridine rings is 1. The molecule has 0 amide bonds. The summed E-state index contributed by atoms with van der Waals surface area (Å²) in [5.74, 6) is 1.70. The van der Waals surface area contributed by atoms with Crippen LogP contribution in [0.2, 0.25) is 0 Å². The lowest BCUT2D eigenvalue weighted by molar-refractivity contribution is 0.686. The van der Waals surface area contributed by atoms with E-state index >= 15 is 0 Å². The second-order valence-corrected chi connectivity index (χ2v) is 4.02. The molecule has 1 fully saturated rings. The van der Waals surface area contributed by atoms with Crippen molar-refractivity contribution in [3.05, 3.63) is 23.9 Å². The number of hydrogen-bond acceptors (Lipinski definition) is 3. The van der Waals surface area contributed by atoms with E-state index in [0.29, 0.717) is 5.56 Å². The number of anilines is 1. The maximum atomic E-state index is 8.84. The largest absolute Gasteiger partial charge is 0.369 e. The fourth-order valence-corrected chi connectivity index (χ4v) is 1.64. The summed E-state index contributed by atoms with van der Waals surface area (Å²) in [7, 11) is 0. The monoisotopic (exact) mass is 201 g/mol. The Kier molecular flexibility index (Phi) is 3.18. The molecule has 0 aromatic carbocycles. The van der Waals surface area contributed by atoms with Gasteiger partial charge in [-0.25, -0.2) is 4.98 Å². The molecule has 15 heavy (non-hydrogen) atoms. The van der Waals surface area contributed by atoms with Gasteiger partial charge in [-0.05, 0) is 30.9 Å². The van der Waals surface area contributed by atoms with Gasteiger partial charge < -0.3 is 5.32 Å². The predicted molar refractivity (Wildman–Crippen MR) is 59.4 cm³/mol. The number of aromatic nitrogens is 1. The molecule has 0 saturated heterocycles. The van der Waals surface area contributed by atoms with Crippen molar-refractivity contribution in [2.24, 2.45) is 5.92 Å². The molecule has 2 rings (SSSR count). The maximum absolute atomic E-state index is 8.84. The molecule has 0 unspecified atom stereocenters. The average molecular weight is 201 g/mol. The summed E-state index contributed by atoms with van der Waals surface area (Å²) >= 11 is 0. The minimum absolute atomic E-state index is 0.629. The van der Waals surface area contributed by atoms with Gasteiger partial charge in [-0.2, -0.15) is 5.26 Å². The van der Waals surface area contributed by atoms with Crippen molar-refractivity contribution in [3.8, 4) is 6.07 Å². The first kappa shape index (κ1) is 9.97. The van der Waals surface area contributed by atoms with Gasteiger partial charge in [0.2, 0.25) is 0 Å². The van der Waals surface area contributed by atoms with Crippen LogP contribution in [0.5, 0.6) is 0 Å². The molecule has 1 aromatic heterocycles. The molecule has 1 aliphatic carbocycles. The Morgan fingerprint density at radius 2 is 2.40 bits per heavy atom. The van der Waals surface area contributed by atoms with E-state index in [9.17, 15) is 0 Å². The first-order valence-corrected chi connectivity index (χ1v) is 5.49. The molecule has 0 radical (unpaired) electrons. The third kappa shape index (κ3) is 2.95. The van der Waals surface area contributed by atoms with Gasteiger partial charge in [-0.1, -0.05) is 12.8 Å². The molecule has 1 aromatic rings. The zero-order valence-corrected chi connectivity index (χ0v) is 8.74. The van der Waals surface area contributed by atoms with Crippen LogP contribution in [-0.4, -0.2) is 11.5 Å². The quantitative estimate of drug-likeness (QED) is 0.745. The lowest BCUT2D eigenvalue weighted by Crippen LogP contribution is -2.05. The molecule has 1 saturated carbocycles. The third-order valence-corrected chi connectivity index (χ3v) is 2.71. The highest BCUT2D eigenvalue weighted by Crippen LogP contribution is 2.33. The van der Waals surface area contributed by atoms with Crippen LogP contribution in [0.1, 0.15) is 31.2 Å². The van der Waals surface area contributed by atoms with Crippen LogP contribution in [-0.2, 0) is 0 Å². The predicted octanol–water partition coefficient (Wildman–Crippen LogP) is 2.56. The summed E-state index contributed by atoms with van der Waals surface area (Å²) in [5, 5.41) is 12.1. The smallest absolute Gasteiger partial charge is 0.143 e. The Balaban J connectivity index is 1.79. The Labute approximate surface area is 90.1 Å². The van der Waals surface area contributed by atoms with Crippen molar-refractivity contribution in [2.45, 2.75) is 25.7 Å². The van der Waals surface area contributed by atoms with Crippen LogP contribution in [0, 0.1) is 17.2 Å². The highest BCUT2D eigenvalue weighted by Gasteiger charge is 2.19. The molecule has 1 heterocycles. The van der Waals surface area contributed by atoms with Crippen LogP contribution in [0.3, 0.4) is 0 Å². The SMILES string of the molecule is N#Cc1cccnc1NCCCC1CC1. The molecule has 0 aliphatic heterocycles. The summed E-state index contributed by atoms with van der Waals surface area (Å²) in [6.07, 6.45) is 7.01. The topological polar surface area (TPSA) is 48.7 Å². The van der Waals surface area contributed by atoms with E-state index in [1.807, 2.05) is 0 Å². The van der Waals surface area contributed by atoms with Crippen LogP contribution >= 0.6 is 0 Å². The number of nitrogens with zero attached hydrogens (tertiary/aromatic N) is 2. The number of nitrogens with one attached hydrogen (secondary N) is 1. The Bertz CT molecular complexity index is 363. The van der Waals surface area contributed by atoms with Gasteiger partial charge in [0.05, 0.1) is 5.56 Å². The second-order valence-electron chi connectivity index (χ2n) is 4.02. The van der Waals surface area contributed by atoms with Crippen molar-refractivity contribution >= 4 is 5.82 Å². The zero-order valence-electron chi connectivity index (χ0n) is 8.74. The van der Waals surface area contributed by atoms with Gasteiger partial charge in [-0.15, -0.1) is 0 Å². The highest BCUT2D eigenvalue weighted by molar-refractivity contribution is 5.50. The average Bonchev–Trinajstić information content (AvgIpc) is 3.09. The summed E-state index contributed by atoms with van der Waals surface area (Å²) < 4.78 is 0. The first-order valence-electron chi connectivity index (χ1n) is 5.49. The minimum Gasteiger partial charge on any atom is -0.369 e. The van der Waals surface area contributed by atoms with Gasteiger partial charge in [0.15, 0.2) is 0 Å². The summed E-state index contributed by atoms with van der Waals surface area (Å²) in [6, 6.07) is 5.71. The number of hydrogen-bond donors (Lipinski definition) is 1. The van der Waals surface area contributed by atoms with Gasteiger partial charge in [-0.3, -0.25) is 0 Å². The van der Waals surface area contributed by atoms with E-state index in [0.717, 1.165) is 18.3 Å². The molecule has 0 bridgehead atoms. The fraction of sp³-hybridized carbons (Fsp3) is 0.500. The van der Waals surface area contributed by atoms with Crippen molar-refractivity contribution in [3.63, 3.8) is 0 Å². The van der Waals surface area contributed by atoms with Crippen molar-refractivity contribution in [1.29, 1.82) is 5.26 Å². The molecule has 0 spiro atoms. The van der Waals surface area contributed by atoms with Crippen molar-refractivity contribution in [2.75, 3.05) is 11.9 Å². The first-order chi connectivity index (χ1) is 7.40. The van der Waals surface area contributed by atoms with Crippen LogP contribution in [0.25, 0.3) is 0 Å². The van der Waals surface area contributed by atoms with Crippen molar-refractivity contribution in [1.82, 2.24) is 4.98 Å². The molecule has 1 N–H and O–H groups in total. The van der Waals surface area contributed by atoms with E-state index in [1.165, 1.54) is 25.7 Å². The lowest BCUT2D eigenvalue weighted by atomic mass is 10.2. The molecule has 78 valence electrons. The summed E-state index contributed by atoms with van der Waals surface area (Å²) in [4.78, 5) is 4.15. The standard InChI is InChI=1S/C12H15N3/c13-9-11-4-2-8-15-12(11)14-7-1-3-10-5-6-10/h2,4,8,10H,1,3,5-7H2,(H,14,15). The van der Waals surface area contributed by atoms with Gasteiger partial charge in [0, 0.05) is 12.7 Å². The molecule has 3 heteroatoms. The van der Waals surface area contributed by atoms with E-state index in [1.54, 1.807) is 18.3 Å². The van der Waals surface area contributed by atoms with E-state index in [2.05, 4.69) is 16.4 Å². The van der Waals surface area contributed by atoms with Crippen molar-refractivity contribution < 1.29 is 0 Å². The lowest BCUT2D eigenvalue weighted by Gasteiger charge is -2.05. The molecule has 1 aliphatic rings. The van der Waals surface area contributed by atoms with E-state index < -0.39 is 0 Å². The van der Waals surface area contributed by atoms with Gasteiger partial charge >= 0.3 is 0 Å². The molecule has 3 nitrogen and oxygen atoms in total. The normalized spacial score (nSPS) is 14.6. The number of rotatable bonds is 5. The van der Waals surface area contributed by atoms with E-state index in [4.69, 9.17) is 5.26 Å². The zero-order chi connectivity index (χ0) is 10.5. The van der Waals surface area contributed by atoms with Gasteiger partial charge in [0.25, 0.3) is 0 Å². The fourth-order valence-electron chi connectivity index (χ4n) is 1.64. The Morgan fingerprint density at radius 1 is 1.53 bits per heavy atom. The van der Waals surface area contributed by atoms with Crippen LogP contribution in [0.15, 0.2) is 18.3 Å². The summed E-state index contributed by atoms with van der Waals surface area (Å²) in [6.45, 7) is 0.919. The third-order valence-electron chi connectivity index (χ3n) is 2.71. The summed E-state index contributed by atoms with van der Waals surface area (Å²) in [5.41, 5.74) is 0.629. The van der Waals surface area contributed by atoms with Crippen LogP contribution in [0.4, 0.5) is 5.82 Å². The Morgan fingerprint density at radius 3 is 3.13 bits per heavy atom. The minimum atomic E-state index is 0.629. The van der Waals surface area contributed by atoms with Crippen LogP contribution < -0.4 is 5.32 Å². The maximum Gasteiger partial charge on any atom is 0.143 e. The molecular weight excluding hydrogens is 186 g/mol. The second kappa shape index (κ2) is 4.79. The highest BCUT2D eigenvalue weighted by atomic mass is 15.0. The Hall–Kier alpha value is -1.56.